The van der Waals surface area contributed by atoms with Crippen molar-refractivity contribution in [1.82, 2.24) is 9.80 Å². The van der Waals surface area contributed by atoms with Gasteiger partial charge < -0.3 is 24.2 Å². The second kappa shape index (κ2) is 13.6. The van der Waals surface area contributed by atoms with Crippen molar-refractivity contribution >= 4 is 17.2 Å². The highest BCUT2D eigenvalue weighted by atomic mass is 32.1. The molecule has 0 spiro atoms. The molecule has 1 aromatic carbocycles. The number of carbonyl (C=O) groups excluding carboxylic acids is 1. The Balaban J connectivity index is 1.67. The Morgan fingerprint density at radius 3 is 2.88 bits per heavy atom. The van der Waals surface area contributed by atoms with E-state index < -0.39 is 6.10 Å². The molecular formula is C26H36N2O5S. The van der Waals surface area contributed by atoms with E-state index in [0.29, 0.717) is 39.5 Å². The Bertz CT molecular complexity index is 901. The molecule has 0 radical (unpaired) electrons. The standard InChI is InChI=1S/C26H36N2O5S/c1-4-13-32-18-21(29)16-27(12-14-31-3)17-26(30)28-11-9-25-23(10-15-34-25)24(28)19-33-22-7-5-20(2)6-8-22/h4-8,10,15,21,24,29H,1,9,11-14,16-19H2,2-3H3/t21-,24+/m1/s1. The van der Waals surface area contributed by atoms with Crippen molar-refractivity contribution in [2.75, 3.05) is 59.7 Å². The number of benzene rings is 1. The van der Waals surface area contributed by atoms with Crippen molar-refractivity contribution in [1.29, 1.82) is 0 Å². The van der Waals surface area contributed by atoms with E-state index in [-0.39, 0.29) is 25.1 Å². The molecule has 1 aromatic heterocycles. The molecule has 2 atom stereocenters. The van der Waals surface area contributed by atoms with E-state index in [4.69, 9.17) is 14.2 Å². The summed E-state index contributed by atoms with van der Waals surface area (Å²) in [7, 11) is 1.63. The number of aliphatic hydroxyl groups is 1. The Hall–Kier alpha value is -2.23. The fraction of sp³-hybridized carbons (Fsp3) is 0.500. The molecule has 34 heavy (non-hydrogen) atoms. The highest BCUT2D eigenvalue weighted by molar-refractivity contribution is 7.10. The lowest BCUT2D eigenvalue weighted by atomic mass is 10.0. The van der Waals surface area contributed by atoms with Gasteiger partial charge in [-0.2, -0.15) is 0 Å². The smallest absolute Gasteiger partial charge is 0.237 e. The molecule has 1 N–H and O–H groups in total. The molecule has 0 bridgehead atoms. The third kappa shape index (κ3) is 7.65. The van der Waals surface area contributed by atoms with Crippen LogP contribution in [0.5, 0.6) is 5.75 Å². The average molecular weight is 489 g/mol. The highest BCUT2D eigenvalue weighted by Gasteiger charge is 2.33. The summed E-state index contributed by atoms with van der Waals surface area (Å²) >= 11 is 1.73. The third-order valence-electron chi connectivity index (χ3n) is 5.83. The van der Waals surface area contributed by atoms with Crippen LogP contribution < -0.4 is 4.74 Å². The molecule has 1 aliphatic heterocycles. The van der Waals surface area contributed by atoms with Gasteiger partial charge in [-0.25, -0.2) is 0 Å². The van der Waals surface area contributed by atoms with Crippen LogP contribution in [0, 0.1) is 6.92 Å². The summed E-state index contributed by atoms with van der Waals surface area (Å²) in [6.07, 6.45) is 1.79. The first-order chi connectivity index (χ1) is 16.5. The third-order valence-corrected chi connectivity index (χ3v) is 6.83. The summed E-state index contributed by atoms with van der Waals surface area (Å²) < 4.78 is 16.7. The van der Waals surface area contributed by atoms with Gasteiger partial charge >= 0.3 is 0 Å². The second-order valence-electron chi connectivity index (χ2n) is 8.48. The van der Waals surface area contributed by atoms with Gasteiger partial charge in [-0.1, -0.05) is 23.8 Å². The van der Waals surface area contributed by atoms with Crippen LogP contribution in [-0.4, -0.2) is 86.6 Å². The molecule has 0 fully saturated rings. The molecule has 3 rings (SSSR count). The molecule has 1 amide bonds. The molecule has 8 heteroatoms. The lowest BCUT2D eigenvalue weighted by Crippen LogP contribution is -2.48. The van der Waals surface area contributed by atoms with Gasteiger partial charge in [0, 0.05) is 31.6 Å². The number of fused-ring (bicyclic) bond motifs is 1. The minimum Gasteiger partial charge on any atom is -0.491 e. The number of ether oxygens (including phenoxy) is 3. The van der Waals surface area contributed by atoms with Crippen LogP contribution in [0.2, 0.25) is 0 Å². The van der Waals surface area contributed by atoms with Crippen molar-refractivity contribution in [3.05, 3.63) is 64.4 Å². The molecule has 0 unspecified atom stereocenters. The Morgan fingerprint density at radius 1 is 1.35 bits per heavy atom. The Morgan fingerprint density at radius 2 is 2.15 bits per heavy atom. The van der Waals surface area contributed by atoms with E-state index in [9.17, 15) is 9.90 Å². The number of methoxy groups -OCH3 is 1. The summed E-state index contributed by atoms with van der Waals surface area (Å²) in [6, 6.07) is 9.92. The number of rotatable bonds is 14. The maximum absolute atomic E-state index is 13.5. The quantitative estimate of drug-likeness (QED) is 0.326. The molecule has 0 saturated carbocycles. The van der Waals surface area contributed by atoms with Gasteiger partial charge in [-0.3, -0.25) is 9.69 Å². The van der Waals surface area contributed by atoms with Crippen LogP contribution in [0.15, 0.2) is 48.4 Å². The molecule has 0 aliphatic carbocycles. The van der Waals surface area contributed by atoms with Gasteiger partial charge in [0.25, 0.3) is 0 Å². The fourth-order valence-corrected chi connectivity index (χ4v) is 4.99. The van der Waals surface area contributed by atoms with Gasteiger partial charge in [0.05, 0.1) is 38.5 Å². The summed E-state index contributed by atoms with van der Waals surface area (Å²) in [5.74, 6) is 0.814. The summed E-state index contributed by atoms with van der Waals surface area (Å²) in [5.41, 5.74) is 2.34. The molecule has 2 heterocycles. The number of thiophene rings is 1. The summed E-state index contributed by atoms with van der Waals surface area (Å²) in [5, 5.41) is 12.5. The minimum atomic E-state index is -0.699. The molecule has 0 saturated heterocycles. The Labute approximate surface area is 206 Å². The zero-order valence-corrected chi connectivity index (χ0v) is 21.0. The highest BCUT2D eigenvalue weighted by Crippen LogP contribution is 2.34. The van der Waals surface area contributed by atoms with Crippen molar-refractivity contribution < 1.29 is 24.1 Å². The lowest BCUT2D eigenvalue weighted by molar-refractivity contribution is -0.136. The summed E-state index contributed by atoms with van der Waals surface area (Å²) in [6.45, 7) is 8.82. The molecule has 186 valence electrons. The van der Waals surface area contributed by atoms with Gasteiger partial charge in [0.15, 0.2) is 0 Å². The van der Waals surface area contributed by atoms with E-state index in [1.165, 1.54) is 10.4 Å². The van der Waals surface area contributed by atoms with E-state index in [1.807, 2.05) is 41.0 Å². The fourth-order valence-electron chi connectivity index (χ4n) is 4.06. The van der Waals surface area contributed by atoms with Crippen LogP contribution in [0.3, 0.4) is 0 Å². The topological polar surface area (TPSA) is 71.5 Å². The first kappa shape index (κ1) is 26.4. The van der Waals surface area contributed by atoms with Gasteiger partial charge in [0.1, 0.15) is 12.4 Å². The van der Waals surface area contributed by atoms with E-state index >= 15 is 0 Å². The molecule has 1 aliphatic rings. The van der Waals surface area contributed by atoms with E-state index in [1.54, 1.807) is 24.5 Å². The minimum absolute atomic E-state index is 0.0182. The largest absolute Gasteiger partial charge is 0.491 e. The van der Waals surface area contributed by atoms with Crippen molar-refractivity contribution in [2.45, 2.75) is 25.5 Å². The average Bonchev–Trinajstić information content (AvgIpc) is 3.31. The molecule has 7 nitrogen and oxygen atoms in total. The van der Waals surface area contributed by atoms with E-state index in [0.717, 1.165) is 17.7 Å². The van der Waals surface area contributed by atoms with Crippen LogP contribution in [0.1, 0.15) is 22.0 Å². The van der Waals surface area contributed by atoms with Crippen molar-refractivity contribution in [2.24, 2.45) is 0 Å². The Kier molecular flexibility index (Phi) is 10.6. The predicted molar refractivity (Wildman–Crippen MR) is 134 cm³/mol. The van der Waals surface area contributed by atoms with Gasteiger partial charge in [-0.15, -0.1) is 17.9 Å². The number of amides is 1. The lowest BCUT2D eigenvalue weighted by Gasteiger charge is -2.37. The van der Waals surface area contributed by atoms with Crippen molar-refractivity contribution in [3.63, 3.8) is 0 Å². The van der Waals surface area contributed by atoms with Crippen molar-refractivity contribution in [3.8, 4) is 5.75 Å². The number of aliphatic hydroxyl groups excluding tert-OH is 1. The SMILES string of the molecule is C=CCOC[C@H](O)CN(CCOC)CC(=O)N1CCc2sccc2[C@@H]1COc1ccc(C)cc1. The van der Waals surface area contributed by atoms with E-state index in [2.05, 4.69) is 18.0 Å². The molecular weight excluding hydrogens is 452 g/mol. The number of hydrogen-bond donors (Lipinski definition) is 1. The van der Waals surface area contributed by atoms with Gasteiger partial charge in [-0.05, 0) is 42.5 Å². The zero-order chi connectivity index (χ0) is 24.3. The second-order valence-corrected chi connectivity index (χ2v) is 9.48. The van der Waals surface area contributed by atoms with Crippen LogP contribution in [-0.2, 0) is 20.7 Å². The predicted octanol–water partition coefficient (Wildman–Crippen LogP) is 3.07. The normalized spacial score (nSPS) is 16.4. The van der Waals surface area contributed by atoms with Gasteiger partial charge in [0.2, 0.25) is 5.91 Å². The van der Waals surface area contributed by atoms with Crippen LogP contribution in [0.25, 0.3) is 0 Å². The maximum Gasteiger partial charge on any atom is 0.237 e. The summed E-state index contributed by atoms with van der Waals surface area (Å²) in [4.78, 5) is 18.6. The monoisotopic (exact) mass is 488 g/mol. The van der Waals surface area contributed by atoms with Crippen LogP contribution >= 0.6 is 11.3 Å². The van der Waals surface area contributed by atoms with Crippen LogP contribution in [0.4, 0.5) is 0 Å². The maximum atomic E-state index is 13.5. The first-order valence-electron chi connectivity index (χ1n) is 11.6. The number of hydrogen-bond acceptors (Lipinski definition) is 7. The number of aryl methyl sites for hydroxylation is 1. The first-order valence-corrected chi connectivity index (χ1v) is 12.5. The zero-order valence-electron chi connectivity index (χ0n) is 20.2. The molecule has 2 aromatic rings. The number of nitrogens with zero attached hydrogens (tertiary/aromatic N) is 2. The number of carbonyl (C=O) groups is 1.